The molecule has 1 unspecified atom stereocenters. The molecular weight excluding hydrogens is 555 g/mol. The van der Waals surface area contributed by atoms with Gasteiger partial charge in [0.15, 0.2) is 0 Å². The Morgan fingerprint density at radius 1 is 0.651 bits per heavy atom. The van der Waals surface area contributed by atoms with Gasteiger partial charge in [-0.1, -0.05) is 92.1 Å². The first-order valence-electron chi connectivity index (χ1n) is 15.4. The summed E-state index contributed by atoms with van der Waals surface area (Å²) in [4.78, 5) is 0. The Labute approximate surface area is 255 Å². The highest BCUT2D eigenvalue weighted by atomic mass is 31.2. The standard InChI is InChI=1S/C37H41O5P/c1-39-24-25-40-30-20-16-28(17-21-30)37(35-14-8-6-12-33(35)34-13-7-9-15-36(34)37)29-18-22-31(23-19-29)41-26-27-42-43(2,38)32-10-4-3-5-11-32/h6-9,12-23,32H,3-5,10-11,24-27H2,1-2H3. The molecule has 4 aromatic rings. The van der Waals surface area contributed by atoms with Crippen molar-refractivity contribution in [1.82, 2.24) is 0 Å². The summed E-state index contributed by atoms with van der Waals surface area (Å²) in [6, 6.07) is 34.3. The Morgan fingerprint density at radius 3 is 1.65 bits per heavy atom. The van der Waals surface area contributed by atoms with Crippen LogP contribution in [-0.4, -0.2) is 45.9 Å². The average Bonchev–Trinajstić information content (AvgIpc) is 3.35. The Balaban J connectivity index is 1.27. The Kier molecular flexibility index (Phi) is 9.04. The van der Waals surface area contributed by atoms with E-state index in [2.05, 4.69) is 72.8 Å². The fourth-order valence-electron chi connectivity index (χ4n) is 6.90. The molecule has 1 fully saturated rings. The van der Waals surface area contributed by atoms with E-state index in [4.69, 9.17) is 18.7 Å². The summed E-state index contributed by atoms with van der Waals surface area (Å²) >= 11 is 0. The minimum Gasteiger partial charge on any atom is -0.491 e. The Bertz CT molecular complexity index is 1510. The van der Waals surface area contributed by atoms with Gasteiger partial charge in [0, 0.05) is 19.4 Å². The van der Waals surface area contributed by atoms with E-state index >= 15 is 0 Å². The maximum absolute atomic E-state index is 13.1. The molecule has 6 heteroatoms. The SMILES string of the molecule is COCCOc1ccc(C2(c3ccc(OCCOP(C)(=O)C4CCCCC4)cc3)c3ccccc3-c3ccccc32)cc1. The molecule has 0 aromatic heterocycles. The highest BCUT2D eigenvalue weighted by molar-refractivity contribution is 7.58. The van der Waals surface area contributed by atoms with Gasteiger partial charge in [-0.05, 0) is 70.5 Å². The molecule has 0 bridgehead atoms. The van der Waals surface area contributed by atoms with Gasteiger partial charge >= 0.3 is 0 Å². The van der Waals surface area contributed by atoms with Crippen molar-refractivity contribution in [2.24, 2.45) is 0 Å². The van der Waals surface area contributed by atoms with Crippen molar-refractivity contribution in [3.63, 3.8) is 0 Å². The third kappa shape index (κ3) is 5.91. The molecule has 0 radical (unpaired) electrons. The largest absolute Gasteiger partial charge is 0.491 e. The number of ether oxygens (including phenoxy) is 3. The van der Waals surface area contributed by atoms with Crippen LogP contribution in [0.2, 0.25) is 0 Å². The minimum atomic E-state index is -2.62. The molecule has 1 saturated carbocycles. The van der Waals surface area contributed by atoms with Crippen LogP contribution in [0.4, 0.5) is 0 Å². The molecule has 0 aliphatic heterocycles. The van der Waals surface area contributed by atoms with E-state index in [-0.39, 0.29) is 5.66 Å². The molecular formula is C37H41O5P. The van der Waals surface area contributed by atoms with Crippen molar-refractivity contribution in [3.8, 4) is 22.6 Å². The zero-order valence-electron chi connectivity index (χ0n) is 25.2. The van der Waals surface area contributed by atoms with Gasteiger partial charge in [-0.2, -0.15) is 0 Å². The summed E-state index contributed by atoms with van der Waals surface area (Å²) < 4.78 is 36.2. The van der Waals surface area contributed by atoms with Gasteiger partial charge in [-0.3, -0.25) is 4.57 Å². The number of fused-ring (bicyclic) bond motifs is 3. The van der Waals surface area contributed by atoms with Crippen LogP contribution in [0.5, 0.6) is 11.5 Å². The monoisotopic (exact) mass is 596 g/mol. The summed E-state index contributed by atoms with van der Waals surface area (Å²) in [5, 5.41) is 0. The van der Waals surface area contributed by atoms with E-state index in [9.17, 15) is 4.57 Å². The zero-order valence-corrected chi connectivity index (χ0v) is 26.1. The first kappa shape index (κ1) is 29.7. The van der Waals surface area contributed by atoms with Crippen molar-refractivity contribution in [1.29, 1.82) is 0 Å². The van der Waals surface area contributed by atoms with Gasteiger partial charge in [0.05, 0.1) is 18.6 Å². The molecule has 43 heavy (non-hydrogen) atoms. The van der Waals surface area contributed by atoms with E-state index in [1.165, 1.54) is 34.2 Å². The van der Waals surface area contributed by atoms with E-state index in [0.29, 0.717) is 26.4 Å². The third-order valence-corrected chi connectivity index (χ3v) is 11.6. The summed E-state index contributed by atoms with van der Waals surface area (Å²) in [7, 11) is -0.946. The van der Waals surface area contributed by atoms with E-state index < -0.39 is 12.8 Å². The molecule has 0 spiro atoms. The summed E-state index contributed by atoms with van der Waals surface area (Å²) in [6.45, 7) is 3.55. The fraction of sp³-hybridized carbons (Fsp3) is 0.351. The molecule has 224 valence electrons. The van der Waals surface area contributed by atoms with Crippen LogP contribution in [0, 0.1) is 0 Å². The lowest BCUT2D eigenvalue weighted by molar-refractivity contribution is 0.146. The van der Waals surface area contributed by atoms with Crippen LogP contribution < -0.4 is 9.47 Å². The smallest absolute Gasteiger partial charge is 0.203 e. The zero-order chi connectivity index (χ0) is 29.7. The second kappa shape index (κ2) is 13.1. The van der Waals surface area contributed by atoms with Gasteiger partial charge in [0.25, 0.3) is 0 Å². The second-order valence-corrected chi connectivity index (χ2v) is 14.4. The predicted octanol–water partition coefficient (Wildman–Crippen LogP) is 8.71. The lowest BCUT2D eigenvalue weighted by Gasteiger charge is -2.34. The van der Waals surface area contributed by atoms with Gasteiger partial charge in [-0.15, -0.1) is 0 Å². The van der Waals surface area contributed by atoms with Crippen molar-refractivity contribution < 1.29 is 23.3 Å². The van der Waals surface area contributed by atoms with E-state index in [1.807, 2.05) is 24.3 Å². The van der Waals surface area contributed by atoms with Crippen LogP contribution in [0.25, 0.3) is 11.1 Å². The Morgan fingerprint density at radius 2 is 1.14 bits per heavy atom. The van der Waals surface area contributed by atoms with Crippen LogP contribution in [0.3, 0.4) is 0 Å². The molecule has 5 nitrogen and oxygen atoms in total. The first-order chi connectivity index (χ1) is 21.0. The van der Waals surface area contributed by atoms with E-state index in [0.717, 1.165) is 42.7 Å². The third-order valence-electron chi connectivity index (χ3n) is 9.02. The average molecular weight is 597 g/mol. The number of methoxy groups -OCH3 is 1. The topological polar surface area (TPSA) is 54.0 Å². The van der Waals surface area contributed by atoms with E-state index in [1.54, 1.807) is 13.8 Å². The minimum absolute atomic E-state index is 0.194. The molecule has 0 heterocycles. The highest BCUT2D eigenvalue weighted by Crippen LogP contribution is 2.56. The maximum Gasteiger partial charge on any atom is 0.203 e. The van der Waals surface area contributed by atoms with Crippen LogP contribution in [0.1, 0.15) is 54.4 Å². The number of hydrogen-bond acceptors (Lipinski definition) is 5. The molecule has 6 rings (SSSR count). The molecule has 2 aliphatic carbocycles. The van der Waals surface area contributed by atoms with Crippen molar-refractivity contribution in [2.75, 3.05) is 40.2 Å². The number of rotatable bonds is 12. The summed E-state index contributed by atoms with van der Waals surface area (Å²) in [6.07, 6.45) is 5.55. The predicted molar refractivity (Wildman–Crippen MR) is 173 cm³/mol. The van der Waals surface area contributed by atoms with Crippen molar-refractivity contribution >= 4 is 7.37 Å². The molecule has 0 N–H and O–H groups in total. The quantitative estimate of drug-likeness (QED) is 0.107. The van der Waals surface area contributed by atoms with Crippen molar-refractivity contribution in [2.45, 2.75) is 43.2 Å². The normalized spacial score (nSPS) is 17.1. The number of benzene rings is 4. The maximum atomic E-state index is 13.1. The number of hydrogen-bond donors (Lipinski definition) is 0. The molecule has 0 saturated heterocycles. The van der Waals surface area contributed by atoms with Crippen molar-refractivity contribution in [3.05, 3.63) is 119 Å². The van der Waals surface area contributed by atoms with Gasteiger partial charge in [0.2, 0.25) is 7.37 Å². The molecule has 0 amide bonds. The fourth-order valence-corrected chi connectivity index (χ4v) is 8.85. The van der Waals surface area contributed by atoms with Gasteiger partial charge in [0.1, 0.15) is 24.7 Å². The highest BCUT2D eigenvalue weighted by Gasteiger charge is 2.45. The molecule has 1 atom stereocenters. The Hall–Kier alpha value is -3.37. The second-order valence-electron chi connectivity index (χ2n) is 11.6. The molecule has 2 aliphatic rings. The molecule has 4 aromatic carbocycles. The lowest BCUT2D eigenvalue weighted by Crippen LogP contribution is -2.28. The first-order valence-corrected chi connectivity index (χ1v) is 17.5. The van der Waals surface area contributed by atoms with Crippen LogP contribution >= 0.6 is 7.37 Å². The van der Waals surface area contributed by atoms with Crippen LogP contribution in [0.15, 0.2) is 97.1 Å². The lowest BCUT2D eigenvalue weighted by atomic mass is 9.68. The summed E-state index contributed by atoms with van der Waals surface area (Å²) in [5.74, 6) is 1.59. The van der Waals surface area contributed by atoms with Crippen LogP contribution in [-0.2, 0) is 19.2 Å². The summed E-state index contributed by atoms with van der Waals surface area (Å²) in [5.41, 5.74) is 7.05. The van der Waals surface area contributed by atoms with Gasteiger partial charge in [-0.25, -0.2) is 0 Å². The van der Waals surface area contributed by atoms with Gasteiger partial charge < -0.3 is 18.7 Å².